The number of halogens is 1. The fourth-order valence-electron chi connectivity index (χ4n) is 2.23. The molecule has 1 aromatic heterocycles. The minimum atomic E-state index is -0.224. The minimum absolute atomic E-state index is 0.224. The molecule has 0 aliphatic rings. The molecule has 2 aromatic rings. The van der Waals surface area contributed by atoms with Crippen molar-refractivity contribution in [1.29, 1.82) is 0 Å². The largest absolute Gasteiger partial charge is 0.342 e. The van der Waals surface area contributed by atoms with Crippen LogP contribution in [0.1, 0.15) is 19.4 Å². The third-order valence-corrected chi connectivity index (χ3v) is 3.32. The topological polar surface area (TPSA) is 28.2 Å². The van der Waals surface area contributed by atoms with Crippen LogP contribution in [0.4, 0.5) is 15.8 Å². The van der Waals surface area contributed by atoms with Crippen LogP contribution in [0.3, 0.4) is 0 Å². The lowest BCUT2D eigenvalue weighted by molar-refractivity contribution is 0.552. The van der Waals surface area contributed by atoms with Gasteiger partial charge in [-0.2, -0.15) is 0 Å². The molecule has 0 spiro atoms. The Balaban J connectivity index is 2.21. The van der Waals surface area contributed by atoms with E-state index in [1.165, 1.54) is 6.07 Å². The van der Waals surface area contributed by atoms with Gasteiger partial charge >= 0.3 is 0 Å². The molecule has 0 saturated carbocycles. The lowest BCUT2D eigenvalue weighted by atomic mass is 10.1. The molecule has 4 heteroatoms. The number of para-hydroxylation sites is 1. The van der Waals surface area contributed by atoms with Gasteiger partial charge in [-0.1, -0.05) is 26.0 Å². The minimum Gasteiger partial charge on any atom is -0.342 e. The highest BCUT2D eigenvalue weighted by Gasteiger charge is 2.12. The van der Waals surface area contributed by atoms with Gasteiger partial charge in [-0.3, -0.25) is 4.98 Å². The first kappa shape index (κ1) is 15.4. The first-order valence-electron chi connectivity index (χ1n) is 7.21. The van der Waals surface area contributed by atoms with Gasteiger partial charge in [0.2, 0.25) is 0 Å². The number of nitrogens with one attached hydrogen (secondary N) is 1. The van der Waals surface area contributed by atoms with Gasteiger partial charge in [0.1, 0.15) is 5.82 Å². The molecule has 0 aliphatic heterocycles. The highest BCUT2D eigenvalue weighted by molar-refractivity contribution is 5.65. The van der Waals surface area contributed by atoms with Crippen LogP contribution in [0.2, 0.25) is 0 Å². The molecule has 1 N–H and O–H groups in total. The van der Waals surface area contributed by atoms with Crippen molar-refractivity contribution in [2.75, 3.05) is 18.5 Å². The monoisotopic (exact) mass is 287 g/mol. The van der Waals surface area contributed by atoms with Crippen molar-refractivity contribution in [1.82, 2.24) is 10.3 Å². The highest BCUT2D eigenvalue weighted by Crippen LogP contribution is 2.28. The molecular formula is C17H22FN3. The number of nitrogens with zero attached hydrogens (tertiary/aromatic N) is 2. The van der Waals surface area contributed by atoms with Gasteiger partial charge in [0.15, 0.2) is 0 Å². The average Bonchev–Trinajstić information content (AvgIpc) is 2.47. The summed E-state index contributed by atoms with van der Waals surface area (Å²) in [5.41, 5.74) is 2.59. The molecule has 3 nitrogen and oxygen atoms in total. The SMILES string of the molecule is CC(C)CNCc1cnccc1N(C)c1ccccc1F. The Morgan fingerprint density at radius 2 is 1.95 bits per heavy atom. The van der Waals surface area contributed by atoms with Gasteiger partial charge in [-0.15, -0.1) is 0 Å². The van der Waals surface area contributed by atoms with Crippen LogP contribution in [-0.4, -0.2) is 18.6 Å². The first-order valence-corrected chi connectivity index (χ1v) is 7.21. The molecule has 21 heavy (non-hydrogen) atoms. The zero-order chi connectivity index (χ0) is 15.2. The van der Waals surface area contributed by atoms with Gasteiger partial charge in [-0.25, -0.2) is 4.39 Å². The van der Waals surface area contributed by atoms with Crippen molar-refractivity contribution in [3.05, 3.63) is 54.1 Å². The maximum atomic E-state index is 13.9. The van der Waals surface area contributed by atoms with E-state index in [0.717, 1.165) is 24.3 Å². The number of rotatable bonds is 6. The van der Waals surface area contributed by atoms with E-state index >= 15 is 0 Å². The lowest BCUT2D eigenvalue weighted by Crippen LogP contribution is -2.21. The maximum absolute atomic E-state index is 13.9. The van der Waals surface area contributed by atoms with E-state index in [1.54, 1.807) is 18.3 Å². The van der Waals surface area contributed by atoms with Gasteiger partial charge in [0.25, 0.3) is 0 Å². The molecule has 0 aliphatic carbocycles. The number of pyridine rings is 1. The predicted molar refractivity (Wildman–Crippen MR) is 85.2 cm³/mol. The standard InChI is InChI=1S/C17H22FN3/c1-13(2)10-20-12-14-11-19-9-8-16(14)21(3)17-7-5-4-6-15(17)18/h4-9,11,13,20H,10,12H2,1-3H3. The van der Waals surface area contributed by atoms with Gasteiger partial charge in [0.05, 0.1) is 5.69 Å². The smallest absolute Gasteiger partial charge is 0.146 e. The van der Waals surface area contributed by atoms with Crippen LogP contribution in [-0.2, 0) is 6.54 Å². The number of anilines is 2. The maximum Gasteiger partial charge on any atom is 0.146 e. The van der Waals surface area contributed by atoms with E-state index in [0.29, 0.717) is 11.6 Å². The molecular weight excluding hydrogens is 265 g/mol. The van der Waals surface area contributed by atoms with E-state index in [2.05, 4.69) is 24.1 Å². The highest BCUT2D eigenvalue weighted by atomic mass is 19.1. The molecule has 1 aromatic carbocycles. The van der Waals surface area contributed by atoms with Crippen LogP contribution in [0.25, 0.3) is 0 Å². The van der Waals surface area contributed by atoms with Crippen molar-refractivity contribution in [3.63, 3.8) is 0 Å². The van der Waals surface area contributed by atoms with Gasteiger partial charge < -0.3 is 10.2 Å². The predicted octanol–water partition coefficient (Wildman–Crippen LogP) is 3.73. The number of hydrogen-bond acceptors (Lipinski definition) is 3. The first-order chi connectivity index (χ1) is 10.1. The molecule has 0 amide bonds. The molecule has 0 saturated heterocycles. The van der Waals surface area contributed by atoms with Crippen LogP contribution in [0.5, 0.6) is 0 Å². The Morgan fingerprint density at radius 1 is 1.19 bits per heavy atom. The second-order valence-corrected chi connectivity index (χ2v) is 5.54. The molecule has 0 fully saturated rings. The van der Waals surface area contributed by atoms with E-state index in [1.807, 2.05) is 30.3 Å². The Kier molecular flexibility index (Phi) is 5.28. The van der Waals surface area contributed by atoms with Crippen molar-refractivity contribution < 1.29 is 4.39 Å². The summed E-state index contributed by atoms with van der Waals surface area (Å²) in [6.45, 7) is 6.00. The van der Waals surface area contributed by atoms with E-state index in [4.69, 9.17) is 0 Å². The Morgan fingerprint density at radius 3 is 2.67 bits per heavy atom. The summed E-state index contributed by atoms with van der Waals surface area (Å²) in [6, 6.07) is 8.71. The van der Waals surface area contributed by atoms with Crippen molar-refractivity contribution in [2.24, 2.45) is 5.92 Å². The van der Waals surface area contributed by atoms with Gasteiger partial charge in [-0.05, 0) is 30.7 Å². The Hall–Kier alpha value is -1.94. The van der Waals surface area contributed by atoms with Crippen LogP contribution in [0.15, 0.2) is 42.7 Å². The summed E-state index contributed by atoms with van der Waals surface area (Å²) in [6.07, 6.45) is 3.57. The molecule has 1 heterocycles. The van der Waals surface area contributed by atoms with Gasteiger partial charge in [0, 0.05) is 37.2 Å². The van der Waals surface area contributed by atoms with Crippen LogP contribution >= 0.6 is 0 Å². The normalized spacial score (nSPS) is 10.9. The second kappa shape index (κ2) is 7.18. The third kappa shape index (κ3) is 4.02. The van der Waals surface area contributed by atoms with E-state index < -0.39 is 0 Å². The summed E-state index contributed by atoms with van der Waals surface area (Å²) >= 11 is 0. The summed E-state index contributed by atoms with van der Waals surface area (Å²) in [7, 11) is 1.87. The molecule has 0 unspecified atom stereocenters. The number of aromatic nitrogens is 1. The van der Waals surface area contributed by atoms with Crippen molar-refractivity contribution in [2.45, 2.75) is 20.4 Å². The number of hydrogen-bond donors (Lipinski definition) is 1. The Labute approximate surface area is 125 Å². The molecule has 0 atom stereocenters. The van der Waals surface area contributed by atoms with Crippen molar-refractivity contribution in [3.8, 4) is 0 Å². The van der Waals surface area contributed by atoms with Crippen molar-refractivity contribution >= 4 is 11.4 Å². The molecule has 0 radical (unpaired) electrons. The summed E-state index contributed by atoms with van der Waals surface area (Å²) in [4.78, 5) is 6.05. The van der Waals surface area contributed by atoms with Crippen LogP contribution < -0.4 is 10.2 Å². The molecule has 112 valence electrons. The fraction of sp³-hybridized carbons (Fsp3) is 0.353. The van der Waals surface area contributed by atoms with Crippen LogP contribution in [0, 0.1) is 11.7 Å². The average molecular weight is 287 g/mol. The fourth-order valence-corrected chi connectivity index (χ4v) is 2.23. The third-order valence-electron chi connectivity index (χ3n) is 3.32. The quantitative estimate of drug-likeness (QED) is 0.877. The summed E-state index contributed by atoms with van der Waals surface area (Å²) in [5.74, 6) is 0.368. The number of benzene rings is 1. The zero-order valence-electron chi connectivity index (χ0n) is 12.8. The van der Waals surface area contributed by atoms with E-state index in [9.17, 15) is 4.39 Å². The summed E-state index contributed by atoms with van der Waals surface area (Å²) in [5, 5.41) is 3.40. The summed E-state index contributed by atoms with van der Waals surface area (Å²) < 4.78 is 13.9. The van der Waals surface area contributed by atoms with E-state index in [-0.39, 0.29) is 5.82 Å². The lowest BCUT2D eigenvalue weighted by Gasteiger charge is -2.23. The Bertz CT molecular complexity index is 584. The zero-order valence-corrected chi connectivity index (χ0v) is 12.8. The molecule has 0 bridgehead atoms. The molecule has 2 rings (SSSR count). The second-order valence-electron chi connectivity index (χ2n) is 5.54.